The number of hydrogen-bond acceptors (Lipinski definition) is 4. The maximum atomic E-state index is 12.7. The Kier molecular flexibility index (Phi) is 4.73. The van der Waals surface area contributed by atoms with E-state index in [9.17, 15) is 13.2 Å². The van der Waals surface area contributed by atoms with Crippen LogP contribution in [0.5, 0.6) is 0 Å². The van der Waals surface area contributed by atoms with Gasteiger partial charge in [0.1, 0.15) is 0 Å². The van der Waals surface area contributed by atoms with Crippen molar-refractivity contribution in [1.82, 2.24) is 4.31 Å². The highest BCUT2D eigenvalue weighted by Gasteiger charge is 2.28. The Morgan fingerprint density at radius 1 is 1.25 bits per heavy atom. The van der Waals surface area contributed by atoms with Crippen molar-refractivity contribution in [2.45, 2.75) is 24.7 Å². The molecule has 24 heavy (non-hydrogen) atoms. The zero-order valence-corrected chi connectivity index (χ0v) is 14.3. The van der Waals surface area contributed by atoms with Crippen molar-refractivity contribution in [3.8, 4) is 0 Å². The molecule has 2 heterocycles. The van der Waals surface area contributed by atoms with Crippen molar-refractivity contribution < 1.29 is 17.6 Å². The molecular formula is C17H20N2O4S. The first kappa shape index (κ1) is 16.7. The number of anilines is 1. The smallest absolute Gasteiger partial charge is 0.291 e. The van der Waals surface area contributed by atoms with Gasteiger partial charge >= 0.3 is 0 Å². The second kappa shape index (κ2) is 6.78. The van der Waals surface area contributed by atoms with Gasteiger partial charge in [0.25, 0.3) is 5.91 Å². The second-order valence-electron chi connectivity index (χ2n) is 6.07. The van der Waals surface area contributed by atoms with E-state index in [1.165, 1.54) is 22.7 Å². The molecular weight excluding hydrogens is 328 g/mol. The largest absolute Gasteiger partial charge is 0.459 e. The van der Waals surface area contributed by atoms with Crippen LogP contribution in [0.2, 0.25) is 0 Å². The first-order valence-corrected chi connectivity index (χ1v) is 9.36. The summed E-state index contributed by atoms with van der Waals surface area (Å²) in [5.41, 5.74) is 0.516. The van der Waals surface area contributed by atoms with Crippen LogP contribution in [0.15, 0.2) is 52.0 Å². The second-order valence-corrected chi connectivity index (χ2v) is 8.00. The summed E-state index contributed by atoms with van der Waals surface area (Å²) in [7, 11) is -3.48. The predicted octanol–water partition coefficient (Wildman–Crippen LogP) is 2.95. The van der Waals surface area contributed by atoms with Crippen molar-refractivity contribution in [1.29, 1.82) is 0 Å². The summed E-state index contributed by atoms with van der Waals surface area (Å²) < 4.78 is 31.9. The molecule has 0 spiro atoms. The average Bonchev–Trinajstić information content (AvgIpc) is 3.10. The minimum Gasteiger partial charge on any atom is -0.459 e. The number of carbonyl (C=O) groups excluding carboxylic acids is 1. The molecule has 0 radical (unpaired) electrons. The van der Waals surface area contributed by atoms with Gasteiger partial charge < -0.3 is 9.73 Å². The van der Waals surface area contributed by atoms with Crippen LogP contribution in [-0.4, -0.2) is 31.7 Å². The molecule has 1 amide bonds. The fraction of sp³-hybridized carbons (Fsp3) is 0.353. The Balaban J connectivity index is 1.73. The van der Waals surface area contributed by atoms with Gasteiger partial charge in [0.05, 0.1) is 11.2 Å². The third kappa shape index (κ3) is 3.52. The molecule has 3 rings (SSSR count). The lowest BCUT2D eigenvalue weighted by atomic mass is 10.0. The number of carbonyl (C=O) groups is 1. The zero-order valence-electron chi connectivity index (χ0n) is 13.4. The Morgan fingerprint density at radius 2 is 2.00 bits per heavy atom. The van der Waals surface area contributed by atoms with E-state index in [-0.39, 0.29) is 16.6 Å². The minimum absolute atomic E-state index is 0.203. The number of nitrogens with one attached hydrogen (secondary N) is 1. The molecule has 1 atom stereocenters. The van der Waals surface area contributed by atoms with Gasteiger partial charge in [0, 0.05) is 18.8 Å². The summed E-state index contributed by atoms with van der Waals surface area (Å²) in [6.45, 7) is 3.18. The predicted molar refractivity (Wildman–Crippen MR) is 90.3 cm³/mol. The number of piperidine rings is 1. The molecule has 1 aromatic heterocycles. The highest BCUT2D eigenvalue weighted by atomic mass is 32.2. The van der Waals surface area contributed by atoms with Gasteiger partial charge in [-0.15, -0.1) is 0 Å². The first-order valence-electron chi connectivity index (χ1n) is 7.92. The van der Waals surface area contributed by atoms with Crippen LogP contribution in [-0.2, 0) is 10.0 Å². The Labute approximate surface area is 141 Å². The summed E-state index contributed by atoms with van der Waals surface area (Å²) in [5, 5.41) is 2.67. The molecule has 7 heteroatoms. The van der Waals surface area contributed by atoms with E-state index in [4.69, 9.17) is 4.42 Å². The molecule has 128 valence electrons. The molecule has 1 aliphatic heterocycles. The number of furan rings is 1. The Hall–Kier alpha value is -2.12. The molecule has 0 saturated carbocycles. The third-order valence-corrected chi connectivity index (χ3v) is 5.99. The van der Waals surface area contributed by atoms with Crippen LogP contribution < -0.4 is 5.32 Å². The van der Waals surface area contributed by atoms with Crippen molar-refractivity contribution in [2.75, 3.05) is 18.4 Å². The lowest BCUT2D eigenvalue weighted by Crippen LogP contribution is -2.39. The van der Waals surface area contributed by atoms with Crippen molar-refractivity contribution >= 4 is 21.6 Å². The molecule has 1 saturated heterocycles. The summed E-state index contributed by atoms with van der Waals surface area (Å²) >= 11 is 0. The molecule has 6 nitrogen and oxygen atoms in total. The van der Waals surface area contributed by atoms with Crippen LogP contribution in [0.25, 0.3) is 0 Å². The highest BCUT2D eigenvalue weighted by Crippen LogP contribution is 2.24. The number of hydrogen-bond donors (Lipinski definition) is 1. The molecule has 0 unspecified atom stereocenters. The maximum absolute atomic E-state index is 12.7. The number of nitrogens with zero attached hydrogens (tertiary/aromatic N) is 1. The Morgan fingerprint density at radius 3 is 2.62 bits per heavy atom. The van der Waals surface area contributed by atoms with Crippen molar-refractivity contribution in [2.24, 2.45) is 5.92 Å². The summed E-state index contributed by atoms with van der Waals surface area (Å²) in [4.78, 5) is 12.2. The minimum atomic E-state index is -3.48. The van der Waals surface area contributed by atoms with E-state index in [0.717, 1.165) is 12.8 Å². The van der Waals surface area contributed by atoms with Crippen molar-refractivity contribution in [3.05, 3.63) is 48.4 Å². The number of rotatable bonds is 4. The fourth-order valence-electron chi connectivity index (χ4n) is 2.82. The molecule has 1 aliphatic rings. The van der Waals surface area contributed by atoms with Gasteiger partial charge in [-0.25, -0.2) is 8.42 Å². The lowest BCUT2D eigenvalue weighted by molar-refractivity contribution is 0.0996. The van der Waals surface area contributed by atoms with Crippen LogP contribution in [0.1, 0.15) is 30.3 Å². The fourth-order valence-corrected chi connectivity index (χ4v) is 4.42. The average molecular weight is 348 g/mol. The van der Waals surface area contributed by atoms with E-state index in [0.29, 0.717) is 24.7 Å². The monoisotopic (exact) mass is 348 g/mol. The molecule has 2 aromatic rings. The van der Waals surface area contributed by atoms with Crippen LogP contribution in [0.3, 0.4) is 0 Å². The normalized spacial score (nSPS) is 19.1. The van der Waals surface area contributed by atoms with E-state index in [2.05, 4.69) is 12.2 Å². The third-order valence-electron chi connectivity index (χ3n) is 4.11. The summed E-state index contributed by atoms with van der Waals surface area (Å²) in [6, 6.07) is 9.40. The van der Waals surface area contributed by atoms with E-state index < -0.39 is 10.0 Å². The Bertz CT molecular complexity index is 798. The topological polar surface area (TPSA) is 79.6 Å². The van der Waals surface area contributed by atoms with Gasteiger partial charge in [-0.3, -0.25) is 4.79 Å². The molecule has 1 aromatic carbocycles. The van der Waals surface area contributed by atoms with Gasteiger partial charge in [-0.05, 0) is 55.2 Å². The molecule has 1 fully saturated rings. The number of benzene rings is 1. The summed E-state index contributed by atoms with van der Waals surface area (Å²) in [6.07, 6.45) is 3.37. The lowest BCUT2D eigenvalue weighted by Gasteiger charge is -2.30. The van der Waals surface area contributed by atoms with Crippen LogP contribution in [0.4, 0.5) is 5.69 Å². The van der Waals surface area contributed by atoms with Gasteiger partial charge in [-0.2, -0.15) is 4.31 Å². The van der Waals surface area contributed by atoms with Gasteiger partial charge in [-0.1, -0.05) is 6.92 Å². The van der Waals surface area contributed by atoms with E-state index in [1.807, 2.05) is 0 Å². The van der Waals surface area contributed by atoms with E-state index >= 15 is 0 Å². The van der Waals surface area contributed by atoms with Gasteiger partial charge in [0.2, 0.25) is 10.0 Å². The molecule has 0 aliphatic carbocycles. The van der Waals surface area contributed by atoms with Crippen LogP contribution >= 0.6 is 0 Å². The standard InChI is InChI=1S/C17H20N2O4S/c1-13-4-2-10-19(12-13)24(21,22)15-8-6-14(7-9-15)18-17(20)16-5-3-11-23-16/h3,5-9,11,13H,2,4,10,12H2,1H3,(H,18,20)/t13-/m0/s1. The first-order chi connectivity index (χ1) is 11.5. The number of sulfonamides is 1. The summed E-state index contributed by atoms with van der Waals surface area (Å²) in [5.74, 6) is 0.204. The maximum Gasteiger partial charge on any atom is 0.291 e. The van der Waals surface area contributed by atoms with E-state index in [1.54, 1.807) is 24.3 Å². The molecule has 1 N–H and O–H groups in total. The highest BCUT2D eigenvalue weighted by molar-refractivity contribution is 7.89. The quantitative estimate of drug-likeness (QED) is 0.921. The number of amides is 1. The molecule has 0 bridgehead atoms. The van der Waals surface area contributed by atoms with Gasteiger partial charge in [0.15, 0.2) is 5.76 Å². The van der Waals surface area contributed by atoms with Crippen LogP contribution in [0, 0.1) is 5.92 Å². The zero-order chi connectivity index (χ0) is 17.2. The van der Waals surface area contributed by atoms with Crippen molar-refractivity contribution in [3.63, 3.8) is 0 Å². The SMILES string of the molecule is C[C@H]1CCCN(S(=O)(=O)c2ccc(NC(=O)c3ccco3)cc2)C1.